The fraction of sp³-hybridized carbons (Fsp3) is 0.217. The van der Waals surface area contributed by atoms with Crippen LogP contribution in [0.5, 0.6) is 5.75 Å². The predicted molar refractivity (Wildman–Crippen MR) is 113 cm³/mol. The lowest BCUT2D eigenvalue weighted by Gasteiger charge is -2.13. The molecular formula is C23H24N2O4. The van der Waals surface area contributed by atoms with Gasteiger partial charge in [0.15, 0.2) is 0 Å². The molecule has 1 heterocycles. The number of carbonyl (C=O) groups excluding carboxylic acids is 1. The van der Waals surface area contributed by atoms with Gasteiger partial charge >= 0.3 is 5.97 Å². The van der Waals surface area contributed by atoms with E-state index >= 15 is 0 Å². The maximum Gasteiger partial charge on any atom is 0.326 e. The molecule has 0 radical (unpaired) electrons. The van der Waals surface area contributed by atoms with E-state index in [4.69, 9.17) is 4.74 Å². The molecule has 0 bridgehead atoms. The van der Waals surface area contributed by atoms with E-state index in [9.17, 15) is 14.7 Å². The molecule has 29 heavy (non-hydrogen) atoms. The van der Waals surface area contributed by atoms with E-state index in [1.807, 2.05) is 55.5 Å². The topological polar surface area (TPSA) is 91.4 Å². The molecule has 3 N–H and O–H groups in total. The second-order valence-electron chi connectivity index (χ2n) is 6.68. The molecule has 0 aliphatic rings. The Morgan fingerprint density at radius 1 is 1.17 bits per heavy atom. The molecule has 0 saturated heterocycles. The molecule has 0 spiro atoms. The summed E-state index contributed by atoms with van der Waals surface area (Å²) in [4.78, 5) is 27.1. The van der Waals surface area contributed by atoms with Gasteiger partial charge in [-0.2, -0.15) is 0 Å². The Morgan fingerprint density at radius 2 is 1.93 bits per heavy atom. The monoisotopic (exact) mass is 392 g/mol. The number of amides is 1. The first-order valence-electron chi connectivity index (χ1n) is 9.56. The number of aromatic nitrogens is 1. The Bertz CT molecular complexity index is 1020. The summed E-state index contributed by atoms with van der Waals surface area (Å²) in [6.45, 7) is 2.61. The second-order valence-corrected chi connectivity index (χ2v) is 6.68. The number of nitrogens with one attached hydrogen (secondary N) is 2. The number of fused-ring (bicyclic) bond motifs is 1. The number of hydrogen-bond acceptors (Lipinski definition) is 3. The lowest BCUT2D eigenvalue weighted by atomic mass is 10.0. The van der Waals surface area contributed by atoms with Crippen LogP contribution in [0.15, 0.2) is 60.8 Å². The smallest absolute Gasteiger partial charge is 0.326 e. The van der Waals surface area contributed by atoms with Gasteiger partial charge in [-0.15, -0.1) is 0 Å². The molecule has 0 aliphatic carbocycles. The maximum atomic E-state index is 12.3. The summed E-state index contributed by atoms with van der Waals surface area (Å²) >= 11 is 0. The lowest BCUT2D eigenvalue weighted by molar-refractivity contribution is -0.141. The zero-order valence-corrected chi connectivity index (χ0v) is 16.2. The highest BCUT2D eigenvalue weighted by Gasteiger charge is 2.21. The SMILES string of the molecule is CCCOc1ccccc1/C=C/C(=O)NC(Cc1c[nH]c2ccccc12)C(=O)O. The van der Waals surface area contributed by atoms with E-state index in [0.29, 0.717) is 12.4 Å². The fourth-order valence-electron chi connectivity index (χ4n) is 3.07. The van der Waals surface area contributed by atoms with Gasteiger partial charge in [-0.3, -0.25) is 4.79 Å². The Balaban J connectivity index is 1.69. The number of carboxylic acids is 1. The number of para-hydroxylation sites is 2. The fourth-order valence-corrected chi connectivity index (χ4v) is 3.07. The Kier molecular flexibility index (Phi) is 6.68. The van der Waals surface area contributed by atoms with Gasteiger partial charge in [0, 0.05) is 35.2 Å². The largest absolute Gasteiger partial charge is 0.493 e. The van der Waals surface area contributed by atoms with E-state index < -0.39 is 17.9 Å². The predicted octanol–water partition coefficient (Wildman–Crippen LogP) is 3.78. The van der Waals surface area contributed by atoms with Crippen LogP contribution in [0.2, 0.25) is 0 Å². The van der Waals surface area contributed by atoms with Crippen LogP contribution in [0.1, 0.15) is 24.5 Å². The van der Waals surface area contributed by atoms with Crippen molar-refractivity contribution in [1.82, 2.24) is 10.3 Å². The van der Waals surface area contributed by atoms with Crippen LogP contribution in [0.4, 0.5) is 0 Å². The molecule has 1 aromatic heterocycles. The number of aromatic amines is 1. The number of hydrogen-bond donors (Lipinski definition) is 3. The Labute approximate surface area is 169 Å². The molecule has 1 amide bonds. The minimum absolute atomic E-state index is 0.190. The molecule has 1 unspecified atom stereocenters. The Morgan fingerprint density at radius 3 is 2.72 bits per heavy atom. The number of rotatable bonds is 9. The average Bonchev–Trinajstić information content (AvgIpc) is 3.13. The number of carbonyl (C=O) groups is 2. The molecule has 150 valence electrons. The van der Waals surface area contributed by atoms with Gasteiger partial charge in [-0.25, -0.2) is 4.79 Å². The molecule has 0 aliphatic heterocycles. The van der Waals surface area contributed by atoms with Gasteiger partial charge in [0.2, 0.25) is 5.91 Å². The highest BCUT2D eigenvalue weighted by atomic mass is 16.5. The second kappa shape index (κ2) is 9.59. The normalized spacial score (nSPS) is 12.2. The summed E-state index contributed by atoms with van der Waals surface area (Å²) < 4.78 is 5.67. The van der Waals surface area contributed by atoms with E-state index in [2.05, 4.69) is 10.3 Å². The van der Waals surface area contributed by atoms with Crippen molar-refractivity contribution in [3.8, 4) is 5.75 Å². The van der Waals surface area contributed by atoms with E-state index in [1.165, 1.54) is 6.08 Å². The van der Waals surface area contributed by atoms with Crippen molar-refractivity contribution in [2.24, 2.45) is 0 Å². The van der Waals surface area contributed by atoms with Crippen LogP contribution in [-0.2, 0) is 16.0 Å². The van der Waals surface area contributed by atoms with Crippen molar-refractivity contribution in [3.05, 3.63) is 71.9 Å². The number of aliphatic carboxylic acids is 1. The Hall–Kier alpha value is -3.54. The van der Waals surface area contributed by atoms with Crippen LogP contribution in [0.25, 0.3) is 17.0 Å². The van der Waals surface area contributed by atoms with Crippen LogP contribution < -0.4 is 10.1 Å². The summed E-state index contributed by atoms with van der Waals surface area (Å²) in [6, 6.07) is 14.0. The van der Waals surface area contributed by atoms with Crippen LogP contribution >= 0.6 is 0 Å². The van der Waals surface area contributed by atoms with Crippen LogP contribution in [0.3, 0.4) is 0 Å². The van der Waals surface area contributed by atoms with Crippen molar-refractivity contribution < 1.29 is 19.4 Å². The number of benzene rings is 2. The van der Waals surface area contributed by atoms with Gasteiger partial charge in [-0.05, 0) is 30.2 Å². The molecule has 0 saturated carbocycles. The number of carboxylic acid groups (broad SMARTS) is 1. The third-order valence-corrected chi connectivity index (χ3v) is 4.51. The average molecular weight is 392 g/mol. The first-order chi connectivity index (χ1) is 14.1. The summed E-state index contributed by atoms with van der Waals surface area (Å²) in [5.41, 5.74) is 2.54. The molecule has 3 rings (SSSR count). The van der Waals surface area contributed by atoms with Crippen molar-refractivity contribution in [2.75, 3.05) is 6.61 Å². The summed E-state index contributed by atoms with van der Waals surface area (Å²) in [6.07, 6.45) is 5.82. The zero-order valence-electron chi connectivity index (χ0n) is 16.2. The zero-order chi connectivity index (χ0) is 20.6. The highest BCUT2D eigenvalue weighted by molar-refractivity contribution is 5.95. The van der Waals surface area contributed by atoms with Crippen LogP contribution in [0, 0.1) is 0 Å². The molecule has 2 aromatic carbocycles. The highest BCUT2D eigenvalue weighted by Crippen LogP contribution is 2.20. The van der Waals surface area contributed by atoms with Crippen molar-refractivity contribution in [1.29, 1.82) is 0 Å². The standard InChI is InChI=1S/C23H24N2O4/c1-2-13-29-21-10-6-3-7-16(21)11-12-22(26)25-20(23(27)28)14-17-15-24-19-9-5-4-8-18(17)19/h3-12,15,20,24H,2,13-14H2,1H3,(H,25,26)(H,27,28)/b12-11+. The molecule has 1 atom stereocenters. The van der Waals surface area contributed by atoms with E-state index in [1.54, 1.807) is 12.3 Å². The lowest BCUT2D eigenvalue weighted by Crippen LogP contribution is -2.41. The van der Waals surface area contributed by atoms with Gasteiger partial charge in [0.1, 0.15) is 11.8 Å². The molecular weight excluding hydrogens is 368 g/mol. The molecule has 0 fully saturated rings. The van der Waals surface area contributed by atoms with Gasteiger partial charge in [0.25, 0.3) is 0 Å². The summed E-state index contributed by atoms with van der Waals surface area (Å²) in [5.74, 6) is -0.863. The quantitative estimate of drug-likeness (QED) is 0.483. The maximum absolute atomic E-state index is 12.3. The minimum Gasteiger partial charge on any atom is -0.493 e. The summed E-state index contributed by atoms with van der Waals surface area (Å²) in [5, 5.41) is 13.1. The van der Waals surface area contributed by atoms with E-state index in [0.717, 1.165) is 28.5 Å². The molecule has 6 heteroatoms. The summed E-state index contributed by atoms with van der Waals surface area (Å²) in [7, 11) is 0. The third kappa shape index (κ3) is 5.25. The molecule has 3 aromatic rings. The van der Waals surface area contributed by atoms with Gasteiger partial charge < -0.3 is 20.1 Å². The first-order valence-corrected chi connectivity index (χ1v) is 9.56. The molecule has 6 nitrogen and oxygen atoms in total. The minimum atomic E-state index is -1.08. The van der Waals surface area contributed by atoms with Crippen molar-refractivity contribution in [2.45, 2.75) is 25.8 Å². The number of H-pyrrole nitrogens is 1. The van der Waals surface area contributed by atoms with Crippen molar-refractivity contribution in [3.63, 3.8) is 0 Å². The van der Waals surface area contributed by atoms with Gasteiger partial charge in [-0.1, -0.05) is 43.3 Å². The van der Waals surface area contributed by atoms with Crippen molar-refractivity contribution >= 4 is 28.9 Å². The first kappa shape index (κ1) is 20.2. The third-order valence-electron chi connectivity index (χ3n) is 4.51. The number of ether oxygens (including phenoxy) is 1. The van der Waals surface area contributed by atoms with Crippen LogP contribution in [-0.4, -0.2) is 34.6 Å². The van der Waals surface area contributed by atoms with Gasteiger partial charge in [0.05, 0.1) is 6.61 Å². The van der Waals surface area contributed by atoms with E-state index in [-0.39, 0.29) is 6.42 Å².